The van der Waals surface area contributed by atoms with E-state index in [1.54, 1.807) is 13.8 Å². The second-order valence-corrected chi connectivity index (χ2v) is 8.47. The van der Waals surface area contributed by atoms with Crippen LogP contribution >= 0.6 is 22.6 Å². The van der Waals surface area contributed by atoms with E-state index in [0.717, 1.165) is 22.2 Å². The van der Waals surface area contributed by atoms with Crippen molar-refractivity contribution in [1.29, 1.82) is 0 Å². The van der Waals surface area contributed by atoms with Gasteiger partial charge in [-0.05, 0) is 61.2 Å². The van der Waals surface area contributed by atoms with Crippen molar-refractivity contribution in [2.24, 2.45) is 5.41 Å². The Morgan fingerprint density at radius 2 is 1.53 bits per heavy atom. The first kappa shape index (κ1) is 29.5. The van der Waals surface area contributed by atoms with Crippen LogP contribution in [-0.4, -0.2) is 55.6 Å². The fourth-order valence-corrected chi connectivity index (χ4v) is 3.55. The number of hydrogen-bond acceptors (Lipinski definition) is 6. The first-order valence-corrected chi connectivity index (χ1v) is 12.4. The van der Waals surface area contributed by atoms with Gasteiger partial charge in [-0.15, -0.1) is 5.92 Å². The van der Waals surface area contributed by atoms with Crippen LogP contribution in [0.2, 0.25) is 0 Å². The third-order valence-corrected chi connectivity index (χ3v) is 6.09. The number of benzene rings is 1. The Morgan fingerprint density at radius 3 is 2.09 bits per heavy atom. The van der Waals surface area contributed by atoms with Gasteiger partial charge in [0.25, 0.3) is 0 Å². The molecule has 184 valence electrons. The second kappa shape index (κ2) is 16.1. The molecule has 0 radical (unpaired) electrons. The second-order valence-electron chi connectivity index (χ2n) is 7.31. The molecule has 7 nitrogen and oxygen atoms in total. The van der Waals surface area contributed by atoms with Gasteiger partial charge in [0.1, 0.15) is 0 Å². The molecule has 1 aromatic rings. The maximum absolute atomic E-state index is 12.9. The van der Waals surface area contributed by atoms with E-state index in [-0.39, 0.29) is 38.4 Å². The van der Waals surface area contributed by atoms with Crippen LogP contribution in [0, 0.1) is 32.8 Å². The molecule has 0 aliphatic heterocycles. The molecule has 0 aliphatic rings. The standard InChI is InChI=1S/C26H33IN2O5/c1-5-29(6-2)19-12-11-16-26(24(31)33-7-3,25(32)34-8-4)17-13-18-28-23(30)20-21-14-9-10-15-22(21)27/h9-10,14-15H,5-8,16-17,19-20H2,1-4H3,(H,28,30). The van der Waals surface area contributed by atoms with Crippen molar-refractivity contribution in [2.45, 2.75) is 47.0 Å². The lowest BCUT2D eigenvalue weighted by Gasteiger charge is -2.25. The number of halogens is 1. The molecule has 1 N–H and O–H groups in total. The summed E-state index contributed by atoms with van der Waals surface area (Å²) in [5, 5.41) is 2.52. The van der Waals surface area contributed by atoms with E-state index in [2.05, 4.69) is 56.6 Å². The number of ether oxygens (including phenoxy) is 2. The third kappa shape index (κ3) is 9.36. The van der Waals surface area contributed by atoms with Crippen LogP contribution in [0.1, 0.15) is 46.1 Å². The summed E-state index contributed by atoms with van der Waals surface area (Å²) in [5.74, 6) is 6.96. The van der Waals surface area contributed by atoms with Gasteiger partial charge in [0.05, 0.1) is 26.2 Å². The summed E-state index contributed by atoms with van der Waals surface area (Å²) in [6.07, 6.45) is -0.101. The Bertz CT molecular complexity index is 933. The summed E-state index contributed by atoms with van der Waals surface area (Å²) in [6, 6.07) is 10.1. The van der Waals surface area contributed by atoms with Crippen molar-refractivity contribution in [3.05, 3.63) is 33.4 Å². The summed E-state index contributed by atoms with van der Waals surface area (Å²) in [5.41, 5.74) is -0.798. The zero-order valence-corrected chi connectivity index (χ0v) is 22.5. The van der Waals surface area contributed by atoms with Gasteiger partial charge in [0.15, 0.2) is 5.41 Å². The summed E-state index contributed by atoms with van der Waals surface area (Å²) >= 11 is 2.17. The molecule has 0 atom stereocenters. The number of rotatable bonds is 11. The van der Waals surface area contributed by atoms with Gasteiger partial charge in [-0.1, -0.05) is 43.9 Å². The minimum Gasteiger partial charge on any atom is -0.465 e. The first-order chi connectivity index (χ1) is 16.3. The van der Waals surface area contributed by atoms with Crippen molar-refractivity contribution < 1.29 is 23.9 Å². The zero-order valence-electron chi connectivity index (χ0n) is 20.3. The predicted molar refractivity (Wildman–Crippen MR) is 139 cm³/mol. The smallest absolute Gasteiger partial charge is 0.325 e. The summed E-state index contributed by atoms with van der Waals surface area (Å²) in [4.78, 5) is 40.1. The lowest BCUT2D eigenvalue weighted by Crippen LogP contribution is -2.42. The van der Waals surface area contributed by atoms with Gasteiger partial charge in [-0.2, -0.15) is 0 Å². The summed E-state index contributed by atoms with van der Waals surface area (Å²) in [7, 11) is 0. The first-order valence-electron chi connectivity index (χ1n) is 11.4. The highest BCUT2D eigenvalue weighted by atomic mass is 127. The average molecular weight is 580 g/mol. The number of carbonyl (C=O) groups is 3. The minimum atomic E-state index is -1.69. The Kier molecular flexibility index (Phi) is 14.0. The molecule has 34 heavy (non-hydrogen) atoms. The molecule has 1 aromatic carbocycles. The van der Waals surface area contributed by atoms with E-state index in [4.69, 9.17) is 9.47 Å². The molecule has 0 aliphatic carbocycles. The van der Waals surface area contributed by atoms with Crippen molar-refractivity contribution in [3.63, 3.8) is 0 Å². The van der Waals surface area contributed by atoms with Crippen LogP contribution in [0.25, 0.3) is 0 Å². The van der Waals surface area contributed by atoms with Crippen molar-refractivity contribution >= 4 is 40.4 Å². The number of esters is 2. The number of carbonyl (C=O) groups excluding carboxylic acids is 3. The van der Waals surface area contributed by atoms with Gasteiger partial charge in [0.2, 0.25) is 5.91 Å². The summed E-state index contributed by atoms with van der Waals surface area (Å²) in [6.45, 7) is 9.82. The van der Waals surface area contributed by atoms with E-state index in [9.17, 15) is 14.4 Å². The molecule has 0 saturated heterocycles. The Morgan fingerprint density at radius 1 is 0.941 bits per heavy atom. The maximum atomic E-state index is 12.9. The minimum absolute atomic E-state index is 0.0865. The predicted octanol–water partition coefficient (Wildman–Crippen LogP) is 3.15. The molecule has 1 rings (SSSR count). The van der Waals surface area contributed by atoms with Crippen molar-refractivity contribution in [1.82, 2.24) is 10.2 Å². The van der Waals surface area contributed by atoms with Crippen LogP contribution in [-0.2, 0) is 30.3 Å². The van der Waals surface area contributed by atoms with E-state index in [0.29, 0.717) is 6.54 Å². The highest BCUT2D eigenvalue weighted by Crippen LogP contribution is 2.30. The maximum Gasteiger partial charge on any atom is 0.325 e. The third-order valence-electron chi connectivity index (χ3n) is 5.03. The molecular formula is C26H33IN2O5. The largest absolute Gasteiger partial charge is 0.465 e. The van der Waals surface area contributed by atoms with Crippen LogP contribution in [0.5, 0.6) is 0 Å². The molecule has 0 aromatic heterocycles. The molecule has 0 unspecified atom stereocenters. The summed E-state index contributed by atoms with van der Waals surface area (Å²) < 4.78 is 11.4. The van der Waals surface area contributed by atoms with E-state index >= 15 is 0 Å². The molecule has 0 bridgehead atoms. The number of amides is 1. The molecule has 0 fully saturated rings. The molecule has 0 saturated carbocycles. The monoisotopic (exact) mass is 580 g/mol. The van der Waals surface area contributed by atoms with Crippen molar-refractivity contribution in [2.75, 3.05) is 32.8 Å². The zero-order chi connectivity index (χ0) is 25.4. The van der Waals surface area contributed by atoms with Gasteiger partial charge >= 0.3 is 11.9 Å². The fourth-order valence-electron chi connectivity index (χ4n) is 2.97. The lowest BCUT2D eigenvalue weighted by molar-refractivity contribution is -0.171. The Balaban J connectivity index is 3.04. The topological polar surface area (TPSA) is 84.9 Å². The Labute approximate surface area is 216 Å². The van der Waals surface area contributed by atoms with Crippen LogP contribution in [0.3, 0.4) is 0 Å². The van der Waals surface area contributed by atoms with Crippen LogP contribution in [0.15, 0.2) is 24.3 Å². The average Bonchev–Trinajstić information content (AvgIpc) is 2.82. The molecule has 1 amide bonds. The SMILES string of the molecule is CCOC(=O)C(CC#CCN(CC)CC)(CC#CNC(=O)Cc1ccccc1I)C(=O)OCC. The Hall–Kier alpha value is -2.56. The number of nitrogens with one attached hydrogen (secondary N) is 1. The van der Waals surface area contributed by atoms with Gasteiger partial charge in [-0.3, -0.25) is 24.6 Å². The van der Waals surface area contributed by atoms with Gasteiger partial charge in [0, 0.05) is 22.5 Å². The van der Waals surface area contributed by atoms with Crippen LogP contribution in [0.4, 0.5) is 0 Å². The van der Waals surface area contributed by atoms with Gasteiger partial charge in [-0.25, -0.2) is 0 Å². The van der Waals surface area contributed by atoms with Gasteiger partial charge < -0.3 is 9.47 Å². The normalized spacial score (nSPS) is 10.4. The highest BCUT2D eigenvalue weighted by Gasteiger charge is 2.48. The highest BCUT2D eigenvalue weighted by molar-refractivity contribution is 14.1. The quantitative estimate of drug-likeness (QED) is 0.142. The van der Waals surface area contributed by atoms with E-state index < -0.39 is 17.4 Å². The van der Waals surface area contributed by atoms with Crippen LogP contribution < -0.4 is 5.32 Å². The number of nitrogens with zero attached hydrogens (tertiary/aromatic N) is 1. The lowest BCUT2D eigenvalue weighted by atomic mass is 9.81. The molecule has 0 heterocycles. The molecular weight excluding hydrogens is 547 g/mol. The van der Waals surface area contributed by atoms with E-state index in [1.165, 1.54) is 0 Å². The fraction of sp³-hybridized carbons (Fsp3) is 0.500. The molecule has 0 spiro atoms. The molecule has 8 heteroatoms. The van der Waals surface area contributed by atoms with E-state index in [1.807, 2.05) is 38.1 Å². The number of hydrogen-bond donors (Lipinski definition) is 1. The van der Waals surface area contributed by atoms with Crippen molar-refractivity contribution in [3.8, 4) is 23.8 Å².